The molecule has 0 saturated heterocycles. The lowest BCUT2D eigenvalue weighted by atomic mass is 10.2. The summed E-state index contributed by atoms with van der Waals surface area (Å²) in [7, 11) is 0. The Balaban J connectivity index is 1.97. The number of aromatic nitrogens is 1. The van der Waals surface area contributed by atoms with E-state index < -0.39 is 24.3 Å². The van der Waals surface area contributed by atoms with Crippen LogP contribution >= 0.6 is 0 Å². The third-order valence-corrected chi connectivity index (χ3v) is 2.48. The molecule has 1 aromatic heterocycles. The van der Waals surface area contributed by atoms with Gasteiger partial charge in [-0.15, -0.1) is 0 Å². The molecule has 0 aliphatic carbocycles. The van der Waals surface area contributed by atoms with E-state index in [0.29, 0.717) is 5.69 Å². The highest BCUT2D eigenvalue weighted by Gasteiger charge is 2.10. The van der Waals surface area contributed by atoms with Gasteiger partial charge in [-0.05, 0) is 24.3 Å². The molecule has 0 fully saturated rings. The average Bonchev–Trinajstić information content (AvgIpc) is 3.00. The molecule has 108 valence electrons. The molecule has 0 aliphatic rings. The summed E-state index contributed by atoms with van der Waals surface area (Å²) in [6, 6.07) is 7.40. The van der Waals surface area contributed by atoms with Gasteiger partial charge in [0.25, 0.3) is 11.8 Å². The third-order valence-electron chi connectivity index (χ3n) is 2.48. The molecule has 2 amide bonds. The summed E-state index contributed by atoms with van der Waals surface area (Å²) in [5, 5.41) is 16.8. The number of carboxylic acid groups (broad SMARTS) is 1. The van der Waals surface area contributed by atoms with E-state index in [-0.39, 0.29) is 11.3 Å². The van der Waals surface area contributed by atoms with E-state index in [2.05, 4.69) is 20.3 Å². The molecule has 0 aliphatic heterocycles. The standard InChI is InChI=1S/C13H11N3O5/c17-11(18)7-14-12(19)8-1-3-9(4-2-8)15-13(20)10-5-6-21-16-10/h1-6H,7H2,(H,14,19)(H,15,20)(H,17,18). The topological polar surface area (TPSA) is 122 Å². The number of rotatable bonds is 5. The van der Waals surface area contributed by atoms with E-state index in [9.17, 15) is 14.4 Å². The highest BCUT2D eigenvalue weighted by atomic mass is 16.5. The zero-order valence-electron chi connectivity index (χ0n) is 10.7. The largest absolute Gasteiger partial charge is 0.480 e. The molecule has 1 heterocycles. The molecule has 0 unspecified atom stereocenters. The molecule has 2 rings (SSSR count). The number of aliphatic carboxylic acids is 1. The maximum atomic E-state index is 11.7. The first kappa shape index (κ1) is 14.3. The van der Waals surface area contributed by atoms with Crippen molar-refractivity contribution in [2.45, 2.75) is 0 Å². The van der Waals surface area contributed by atoms with Crippen molar-refractivity contribution >= 4 is 23.5 Å². The number of hydrogen-bond donors (Lipinski definition) is 3. The van der Waals surface area contributed by atoms with Crippen molar-refractivity contribution in [1.82, 2.24) is 10.5 Å². The van der Waals surface area contributed by atoms with Gasteiger partial charge in [0.1, 0.15) is 12.8 Å². The highest BCUT2D eigenvalue weighted by molar-refractivity contribution is 6.03. The molecule has 21 heavy (non-hydrogen) atoms. The Bertz CT molecular complexity index is 649. The number of benzene rings is 1. The van der Waals surface area contributed by atoms with Crippen LogP contribution in [-0.2, 0) is 4.79 Å². The predicted molar refractivity (Wildman–Crippen MR) is 70.9 cm³/mol. The van der Waals surface area contributed by atoms with Crippen molar-refractivity contribution in [3.63, 3.8) is 0 Å². The van der Waals surface area contributed by atoms with Crippen LogP contribution < -0.4 is 10.6 Å². The summed E-state index contributed by atoms with van der Waals surface area (Å²) < 4.78 is 4.56. The Labute approximate surface area is 118 Å². The second kappa shape index (κ2) is 6.33. The van der Waals surface area contributed by atoms with Gasteiger partial charge in [-0.1, -0.05) is 5.16 Å². The van der Waals surface area contributed by atoms with Gasteiger partial charge >= 0.3 is 5.97 Å². The number of hydrogen-bond acceptors (Lipinski definition) is 5. The summed E-state index contributed by atoms with van der Waals surface area (Å²) in [4.78, 5) is 33.6. The van der Waals surface area contributed by atoms with Gasteiger partial charge in [-0.3, -0.25) is 14.4 Å². The second-order valence-electron chi connectivity index (χ2n) is 3.99. The van der Waals surface area contributed by atoms with E-state index in [1.165, 1.54) is 36.6 Å². The quantitative estimate of drug-likeness (QED) is 0.746. The first-order valence-corrected chi connectivity index (χ1v) is 5.88. The normalized spacial score (nSPS) is 9.90. The van der Waals surface area contributed by atoms with Crippen LogP contribution in [0.3, 0.4) is 0 Å². The van der Waals surface area contributed by atoms with Gasteiger partial charge in [-0.25, -0.2) is 0 Å². The molecule has 0 saturated carbocycles. The van der Waals surface area contributed by atoms with Crippen LogP contribution in [0, 0.1) is 0 Å². The second-order valence-corrected chi connectivity index (χ2v) is 3.99. The van der Waals surface area contributed by atoms with Crippen LogP contribution in [0.1, 0.15) is 20.8 Å². The molecule has 8 nitrogen and oxygen atoms in total. The van der Waals surface area contributed by atoms with E-state index in [1.807, 2.05) is 0 Å². The van der Waals surface area contributed by atoms with E-state index in [1.54, 1.807) is 0 Å². The molecular weight excluding hydrogens is 278 g/mol. The zero-order valence-corrected chi connectivity index (χ0v) is 10.7. The molecule has 0 spiro atoms. The Morgan fingerprint density at radius 3 is 2.38 bits per heavy atom. The number of anilines is 1. The Hall–Kier alpha value is -3.16. The SMILES string of the molecule is O=C(O)CNC(=O)c1ccc(NC(=O)c2ccon2)cc1. The molecule has 3 N–H and O–H groups in total. The monoisotopic (exact) mass is 289 g/mol. The van der Waals surface area contributed by atoms with Crippen LogP contribution in [0.25, 0.3) is 0 Å². The first-order chi connectivity index (χ1) is 10.1. The Morgan fingerprint density at radius 1 is 1.10 bits per heavy atom. The van der Waals surface area contributed by atoms with Crippen molar-refractivity contribution in [2.24, 2.45) is 0 Å². The summed E-state index contributed by atoms with van der Waals surface area (Å²) in [6.45, 7) is -0.455. The minimum atomic E-state index is -1.13. The smallest absolute Gasteiger partial charge is 0.322 e. The maximum Gasteiger partial charge on any atom is 0.322 e. The molecule has 0 atom stereocenters. The zero-order chi connectivity index (χ0) is 15.2. The predicted octanol–water partition coefficient (Wildman–Crippen LogP) is 0.741. The van der Waals surface area contributed by atoms with Crippen molar-refractivity contribution in [3.05, 3.63) is 47.9 Å². The van der Waals surface area contributed by atoms with Crippen LogP contribution in [0.15, 0.2) is 41.1 Å². The Kier molecular flexibility index (Phi) is 4.30. The highest BCUT2D eigenvalue weighted by Crippen LogP contribution is 2.11. The fourth-order valence-electron chi connectivity index (χ4n) is 1.49. The van der Waals surface area contributed by atoms with Gasteiger partial charge in [0.2, 0.25) is 0 Å². The maximum absolute atomic E-state index is 11.7. The van der Waals surface area contributed by atoms with E-state index in [4.69, 9.17) is 5.11 Å². The third kappa shape index (κ3) is 3.90. The molecule has 0 radical (unpaired) electrons. The Morgan fingerprint density at radius 2 is 1.81 bits per heavy atom. The lowest BCUT2D eigenvalue weighted by Crippen LogP contribution is -2.29. The molecular formula is C13H11N3O5. The number of amides is 2. The minimum absolute atomic E-state index is 0.137. The van der Waals surface area contributed by atoms with Crippen LogP contribution in [0.4, 0.5) is 5.69 Å². The number of carboxylic acids is 1. The van der Waals surface area contributed by atoms with Crippen molar-refractivity contribution in [2.75, 3.05) is 11.9 Å². The van der Waals surface area contributed by atoms with E-state index in [0.717, 1.165) is 0 Å². The minimum Gasteiger partial charge on any atom is -0.480 e. The number of carbonyl (C=O) groups is 3. The lowest BCUT2D eigenvalue weighted by Gasteiger charge is -2.05. The number of nitrogens with zero attached hydrogens (tertiary/aromatic N) is 1. The fourth-order valence-corrected chi connectivity index (χ4v) is 1.49. The molecule has 2 aromatic rings. The van der Waals surface area contributed by atoms with Crippen molar-refractivity contribution < 1.29 is 24.0 Å². The van der Waals surface area contributed by atoms with E-state index >= 15 is 0 Å². The molecule has 0 bridgehead atoms. The molecule has 8 heteroatoms. The first-order valence-electron chi connectivity index (χ1n) is 5.88. The van der Waals surface area contributed by atoms with Crippen molar-refractivity contribution in [3.8, 4) is 0 Å². The van der Waals surface area contributed by atoms with Crippen LogP contribution in [-0.4, -0.2) is 34.6 Å². The summed E-state index contributed by atoms with van der Waals surface area (Å²) >= 11 is 0. The summed E-state index contributed by atoms with van der Waals surface area (Å²) in [5.41, 5.74) is 0.895. The van der Waals surface area contributed by atoms with Gasteiger partial charge < -0.3 is 20.3 Å². The van der Waals surface area contributed by atoms with Crippen molar-refractivity contribution in [1.29, 1.82) is 0 Å². The lowest BCUT2D eigenvalue weighted by molar-refractivity contribution is -0.135. The van der Waals surface area contributed by atoms with Crippen LogP contribution in [0.5, 0.6) is 0 Å². The van der Waals surface area contributed by atoms with Gasteiger partial charge in [0.05, 0.1) is 0 Å². The fraction of sp³-hybridized carbons (Fsp3) is 0.0769. The van der Waals surface area contributed by atoms with Gasteiger partial charge in [0.15, 0.2) is 5.69 Å². The summed E-state index contributed by atoms with van der Waals surface area (Å²) in [6.07, 6.45) is 1.28. The number of nitrogens with one attached hydrogen (secondary N) is 2. The van der Waals surface area contributed by atoms with Gasteiger partial charge in [-0.2, -0.15) is 0 Å². The molecule has 1 aromatic carbocycles. The summed E-state index contributed by atoms with van der Waals surface area (Å²) in [5.74, 6) is -2.07. The average molecular weight is 289 g/mol. The number of carbonyl (C=O) groups excluding carboxylic acids is 2. The van der Waals surface area contributed by atoms with Gasteiger partial charge in [0, 0.05) is 17.3 Å². The van der Waals surface area contributed by atoms with Crippen LogP contribution in [0.2, 0.25) is 0 Å².